The molecule has 5 rings (SSSR count). The molecule has 3 aliphatic rings. The number of hydrogen-bond donors (Lipinski definition) is 0. The van der Waals surface area contributed by atoms with Crippen molar-refractivity contribution in [2.24, 2.45) is 17.3 Å². The molecule has 1 aromatic carbocycles. The lowest BCUT2D eigenvalue weighted by Crippen LogP contribution is -2.37. The molecular weight excluding hydrogens is 476 g/mol. The molecule has 1 atom stereocenters. The summed E-state index contributed by atoms with van der Waals surface area (Å²) in [5, 5.41) is 0.515. The Kier molecular flexibility index (Phi) is 5.83. The summed E-state index contributed by atoms with van der Waals surface area (Å²) in [7, 11) is -4.01. The number of hydrogen-bond acceptors (Lipinski definition) is 7. The van der Waals surface area contributed by atoms with E-state index >= 15 is 0 Å². The van der Waals surface area contributed by atoms with Crippen LogP contribution in [0, 0.1) is 28.9 Å². The highest BCUT2D eigenvalue weighted by atomic mass is 35.5. The van der Waals surface area contributed by atoms with Crippen molar-refractivity contribution in [1.29, 1.82) is 0 Å². The summed E-state index contributed by atoms with van der Waals surface area (Å²) in [6.07, 6.45) is 6.09. The molecule has 1 spiro atoms. The maximum atomic E-state index is 14.3. The van der Waals surface area contributed by atoms with Crippen LogP contribution in [-0.2, 0) is 19.3 Å². The summed E-state index contributed by atoms with van der Waals surface area (Å²) in [6, 6.07) is 1.95. The molecule has 178 valence electrons. The second-order valence-corrected chi connectivity index (χ2v) is 11.6. The van der Waals surface area contributed by atoms with Gasteiger partial charge in [0.25, 0.3) is 0 Å². The molecule has 2 aromatic rings. The van der Waals surface area contributed by atoms with E-state index in [1.165, 1.54) is 0 Å². The Morgan fingerprint density at radius 3 is 2.21 bits per heavy atom. The highest BCUT2D eigenvalue weighted by molar-refractivity contribution is 7.90. The van der Waals surface area contributed by atoms with Gasteiger partial charge in [-0.3, -0.25) is 0 Å². The summed E-state index contributed by atoms with van der Waals surface area (Å²) in [4.78, 5) is 9.82. The minimum Gasteiger partial charge on any atom is -0.348 e. The molecule has 0 bridgehead atoms. The smallest absolute Gasteiger partial charge is 0.225 e. The fourth-order valence-electron chi connectivity index (χ4n) is 5.18. The number of sulfone groups is 1. The van der Waals surface area contributed by atoms with E-state index in [0.29, 0.717) is 36.0 Å². The maximum Gasteiger partial charge on any atom is 0.225 e. The first-order chi connectivity index (χ1) is 15.7. The summed E-state index contributed by atoms with van der Waals surface area (Å²) >= 11 is 5.87. The van der Waals surface area contributed by atoms with Gasteiger partial charge in [0.15, 0.2) is 16.1 Å². The van der Waals surface area contributed by atoms with E-state index in [2.05, 4.69) is 14.9 Å². The van der Waals surface area contributed by atoms with Gasteiger partial charge in [0.1, 0.15) is 16.5 Å². The second kappa shape index (κ2) is 8.41. The molecule has 1 aromatic heterocycles. The minimum atomic E-state index is -4.01. The summed E-state index contributed by atoms with van der Waals surface area (Å²) in [5.41, 5.74) is 0.0740. The Bertz CT molecular complexity index is 1130. The molecule has 0 N–H and O–H groups in total. The van der Waals surface area contributed by atoms with Crippen LogP contribution in [0.25, 0.3) is 0 Å². The molecule has 1 saturated carbocycles. The maximum absolute atomic E-state index is 14.3. The zero-order valence-corrected chi connectivity index (χ0v) is 19.6. The molecule has 2 saturated heterocycles. The number of benzene rings is 1. The fraction of sp³-hybridized carbons (Fsp3) is 0.545. The van der Waals surface area contributed by atoms with Crippen molar-refractivity contribution < 1.29 is 26.7 Å². The second-order valence-electron chi connectivity index (χ2n) is 9.24. The zero-order valence-electron chi connectivity index (χ0n) is 18.0. The minimum absolute atomic E-state index is 0.0656. The van der Waals surface area contributed by atoms with E-state index in [0.717, 1.165) is 50.7 Å². The Hall–Kier alpha value is -1.88. The third-order valence-corrected chi connectivity index (χ3v) is 8.29. The van der Waals surface area contributed by atoms with Crippen LogP contribution in [0.2, 0.25) is 5.02 Å². The summed E-state index contributed by atoms with van der Waals surface area (Å²) < 4.78 is 63.4. The molecule has 0 amide bonds. The number of halogens is 3. The first-order valence-electron chi connectivity index (χ1n) is 10.8. The molecule has 0 radical (unpaired) electrons. The van der Waals surface area contributed by atoms with Gasteiger partial charge in [0.05, 0.1) is 30.6 Å². The van der Waals surface area contributed by atoms with Crippen molar-refractivity contribution in [3.63, 3.8) is 0 Å². The Morgan fingerprint density at radius 1 is 1.09 bits per heavy atom. The average Bonchev–Trinajstić information content (AvgIpc) is 3.46. The van der Waals surface area contributed by atoms with E-state index in [9.17, 15) is 17.2 Å². The van der Waals surface area contributed by atoms with Crippen LogP contribution in [0.3, 0.4) is 0 Å². The van der Waals surface area contributed by atoms with E-state index in [-0.39, 0.29) is 11.0 Å². The van der Waals surface area contributed by atoms with Gasteiger partial charge in [-0.15, -0.1) is 0 Å². The monoisotopic (exact) mass is 499 g/mol. The number of aromatic nitrogens is 2. The van der Waals surface area contributed by atoms with Crippen molar-refractivity contribution in [1.82, 2.24) is 9.97 Å². The van der Waals surface area contributed by atoms with Crippen LogP contribution >= 0.6 is 11.6 Å². The van der Waals surface area contributed by atoms with Gasteiger partial charge in [-0.1, -0.05) is 11.6 Å². The Morgan fingerprint density at radius 2 is 1.67 bits per heavy atom. The van der Waals surface area contributed by atoms with Crippen molar-refractivity contribution in [3.05, 3.63) is 46.7 Å². The van der Waals surface area contributed by atoms with Gasteiger partial charge < -0.3 is 14.4 Å². The van der Waals surface area contributed by atoms with Gasteiger partial charge >= 0.3 is 0 Å². The van der Waals surface area contributed by atoms with Crippen LogP contribution in [0.1, 0.15) is 31.1 Å². The lowest BCUT2D eigenvalue weighted by molar-refractivity contribution is -0.216. The standard InChI is InChI=1S/C22H24ClF2N3O4S/c1-33(29,30)19-17(24)6-14(7-18(19)25)20-31-11-22(12-32-20)8-16(22)13-2-4-28(5-3-13)21-26-9-15(23)10-27-21/h6-7,9-10,13,16,20H,2-5,8,11-12H2,1H3/t16-,20?,22?/m0/s1. The highest BCUT2D eigenvalue weighted by Crippen LogP contribution is 2.61. The van der Waals surface area contributed by atoms with Gasteiger partial charge in [0.2, 0.25) is 5.95 Å². The highest BCUT2D eigenvalue weighted by Gasteiger charge is 2.59. The van der Waals surface area contributed by atoms with Crippen LogP contribution in [0.5, 0.6) is 0 Å². The number of anilines is 1. The van der Waals surface area contributed by atoms with Gasteiger partial charge in [-0.05, 0) is 43.2 Å². The molecule has 3 heterocycles. The van der Waals surface area contributed by atoms with Crippen molar-refractivity contribution in [2.75, 3.05) is 37.5 Å². The van der Waals surface area contributed by atoms with Gasteiger partial charge in [0, 0.05) is 30.3 Å². The van der Waals surface area contributed by atoms with E-state index in [1.54, 1.807) is 12.4 Å². The van der Waals surface area contributed by atoms with Crippen LogP contribution in [0.4, 0.5) is 14.7 Å². The van der Waals surface area contributed by atoms with Gasteiger partial charge in [-0.25, -0.2) is 27.2 Å². The molecule has 33 heavy (non-hydrogen) atoms. The number of nitrogens with zero attached hydrogens (tertiary/aromatic N) is 3. The van der Waals surface area contributed by atoms with Crippen molar-refractivity contribution >= 4 is 27.4 Å². The topological polar surface area (TPSA) is 81.6 Å². The van der Waals surface area contributed by atoms with Crippen LogP contribution in [-0.4, -0.2) is 50.9 Å². The largest absolute Gasteiger partial charge is 0.348 e. The normalized spacial score (nSPS) is 28.3. The first kappa shape index (κ1) is 22.9. The third-order valence-electron chi connectivity index (χ3n) is 6.96. The predicted molar refractivity (Wildman–Crippen MR) is 117 cm³/mol. The van der Waals surface area contributed by atoms with E-state index in [1.807, 2.05) is 0 Å². The Labute approximate surface area is 196 Å². The zero-order chi connectivity index (χ0) is 23.4. The lowest BCUT2D eigenvalue weighted by Gasteiger charge is -2.35. The van der Waals surface area contributed by atoms with Gasteiger partial charge in [-0.2, -0.15) is 0 Å². The van der Waals surface area contributed by atoms with Crippen molar-refractivity contribution in [3.8, 4) is 0 Å². The number of piperidine rings is 1. The van der Waals surface area contributed by atoms with Crippen LogP contribution < -0.4 is 4.90 Å². The number of ether oxygens (including phenoxy) is 2. The molecule has 2 aliphatic heterocycles. The molecular formula is C22H24ClF2N3O4S. The fourth-order valence-corrected chi connectivity index (χ4v) is 6.11. The van der Waals surface area contributed by atoms with Crippen LogP contribution in [0.15, 0.2) is 29.4 Å². The molecule has 7 nitrogen and oxygen atoms in total. The van der Waals surface area contributed by atoms with E-state index in [4.69, 9.17) is 21.1 Å². The third kappa shape index (κ3) is 4.45. The SMILES string of the molecule is CS(=O)(=O)c1c(F)cc(C2OCC3(CO2)C[C@H]3C2CCN(c3ncc(Cl)cn3)CC2)cc1F. The average molecular weight is 500 g/mol. The number of rotatable bonds is 4. The Balaban J connectivity index is 1.18. The molecule has 0 unspecified atom stereocenters. The lowest BCUT2D eigenvalue weighted by atomic mass is 9.87. The first-order valence-corrected chi connectivity index (χ1v) is 13.1. The molecule has 1 aliphatic carbocycles. The molecule has 11 heteroatoms. The van der Waals surface area contributed by atoms with Crippen molar-refractivity contribution in [2.45, 2.75) is 30.4 Å². The quantitative estimate of drug-likeness (QED) is 0.633. The summed E-state index contributed by atoms with van der Waals surface area (Å²) in [5.74, 6) is -0.563. The summed E-state index contributed by atoms with van der Waals surface area (Å²) in [6.45, 7) is 2.63. The molecule has 3 fully saturated rings. The van der Waals surface area contributed by atoms with E-state index < -0.39 is 32.7 Å². The predicted octanol–water partition coefficient (Wildman–Crippen LogP) is 3.78.